The van der Waals surface area contributed by atoms with Gasteiger partial charge in [0.15, 0.2) is 0 Å². The topological polar surface area (TPSA) is 116 Å². The van der Waals surface area contributed by atoms with Crippen molar-refractivity contribution in [2.24, 2.45) is 7.05 Å². The minimum atomic E-state index is -3.51. The van der Waals surface area contributed by atoms with Crippen molar-refractivity contribution in [3.05, 3.63) is 56.7 Å². The quantitative estimate of drug-likeness (QED) is 0.695. The summed E-state index contributed by atoms with van der Waals surface area (Å²) in [6, 6.07) is 7.45. The molecule has 10 nitrogen and oxygen atoms in total. The summed E-state index contributed by atoms with van der Waals surface area (Å²) < 4.78 is 27.7. The van der Waals surface area contributed by atoms with Crippen molar-refractivity contribution >= 4 is 21.7 Å². The van der Waals surface area contributed by atoms with Crippen molar-refractivity contribution < 1.29 is 13.2 Å². The van der Waals surface area contributed by atoms with Gasteiger partial charge in [0.1, 0.15) is 5.82 Å². The molecule has 0 radical (unpaired) electrons. The van der Waals surface area contributed by atoms with Crippen LogP contribution in [0, 0.1) is 0 Å². The van der Waals surface area contributed by atoms with Gasteiger partial charge >= 0.3 is 5.69 Å². The maximum atomic E-state index is 12.8. The highest BCUT2D eigenvalue weighted by molar-refractivity contribution is 7.89. The van der Waals surface area contributed by atoms with Gasteiger partial charge < -0.3 is 9.80 Å². The summed E-state index contributed by atoms with van der Waals surface area (Å²) in [5.41, 5.74) is -0.443. The fraction of sp³-hybridized carbons (Fsp3) is 0.450. The number of hydrogen-bond acceptors (Lipinski definition) is 6. The Bertz CT molecular complexity index is 1160. The SMILES string of the molecule is Cn1c(=O)cc(N2CCN(C(=O)c3ccc(S(=O)(=O)N4CCCC4)cc3)CC2)[nH]c1=O. The van der Waals surface area contributed by atoms with Gasteiger partial charge in [-0.3, -0.25) is 19.1 Å². The molecule has 31 heavy (non-hydrogen) atoms. The minimum absolute atomic E-state index is 0.178. The molecule has 2 fully saturated rings. The van der Waals surface area contributed by atoms with E-state index < -0.39 is 15.7 Å². The number of sulfonamides is 1. The number of aromatic amines is 1. The normalized spacial score (nSPS) is 17.8. The Balaban J connectivity index is 1.42. The third-order valence-electron chi connectivity index (χ3n) is 5.84. The van der Waals surface area contributed by atoms with Crippen molar-refractivity contribution in [3.8, 4) is 0 Å². The summed E-state index contributed by atoms with van der Waals surface area (Å²) in [5.74, 6) is 0.263. The molecule has 0 saturated carbocycles. The highest BCUT2D eigenvalue weighted by Crippen LogP contribution is 2.22. The van der Waals surface area contributed by atoms with E-state index in [1.54, 1.807) is 17.0 Å². The summed E-state index contributed by atoms with van der Waals surface area (Å²) >= 11 is 0. The van der Waals surface area contributed by atoms with Crippen LogP contribution in [0.15, 0.2) is 44.8 Å². The molecule has 0 aliphatic carbocycles. The highest BCUT2D eigenvalue weighted by atomic mass is 32.2. The Morgan fingerprint density at radius 1 is 0.935 bits per heavy atom. The van der Waals surface area contributed by atoms with E-state index in [1.165, 1.54) is 29.6 Å². The zero-order chi connectivity index (χ0) is 22.2. The van der Waals surface area contributed by atoms with Crippen LogP contribution in [-0.2, 0) is 17.1 Å². The number of benzene rings is 1. The maximum Gasteiger partial charge on any atom is 0.329 e. The smallest absolute Gasteiger partial charge is 0.329 e. The largest absolute Gasteiger partial charge is 0.354 e. The lowest BCUT2D eigenvalue weighted by Crippen LogP contribution is -2.50. The zero-order valence-corrected chi connectivity index (χ0v) is 18.1. The molecule has 166 valence electrons. The van der Waals surface area contributed by atoms with E-state index in [2.05, 4.69) is 4.98 Å². The number of rotatable bonds is 4. The molecule has 1 N–H and O–H groups in total. The number of piperazine rings is 1. The molecule has 11 heteroatoms. The molecular weight excluding hydrogens is 422 g/mol. The van der Waals surface area contributed by atoms with E-state index in [1.807, 2.05) is 4.90 Å². The molecule has 1 aromatic heterocycles. The predicted octanol–water partition coefficient (Wildman–Crippen LogP) is -0.179. The number of hydrogen-bond donors (Lipinski definition) is 1. The number of amides is 1. The molecule has 0 atom stereocenters. The fourth-order valence-electron chi connectivity index (χ4n) is 3.89. The van der Waals surface area contributed by atoms with Gasteiger partial charge in [0.2, 0.25) is 10.0 Å². The molecule has 1 amide bonds. The molecule has 0 unspecified atom stereocenters. The van der Waals surface area contributed by atoms with Crippen LogP contribution in [0.5, 0.6) is 0 Å². The molecule has 4 rings (SSSR count). The van der Waals surface area contributed by atoms with Gasteiger partial charge in [0.25, 0.3) is 11.5 Å². The number of carbonyl (C=O) groups is 1. The van der Waals surface area contributed by atoms with Gasteiger partial charge in [-0.1, -0.05) is 0 Å². The van der Waals surface area contributed by atoms with Crippen LogP contribution in [0.3, 0.4) is 0 Å². The Labute approximate surface area is 179 Å². The monoisotopic (exact) mass is 447 g/mol. The average molecular weight is 448 g/mol. The van der Waals surface area contributed by atoms with E-state index in [9.17, 15) is 22.8 Å². The summed E-state index contributed by atoms with van der Waals surface area (Å²) in [4.78, 5) is 42.9. The average Bonchev–Trinajstić information content (AvgIpc) is 3.33. The molecule has 0 bridgehead atoms. The lowest BCUT2D eigenvalue weighted by atomic mass is 10.2. The molecule has 2 aliphatic heterocycles. The first kappa shape index (κ1) is 21.3. The van der Waals surface area contributed by atoms with Crippen LogP contribution in [0.2, 0.25) is 0 Å². The fourth-order valence-corrected chi connectivity index (χ4v) is 5.41. The first-order chi connectivity index (χ1) is 14.8. The van der Waals surface area contributed by atoms with Crippen molar-refractivity contribution in [3.63, 3.8) is 0 Å². The van der Waals surface area contributed by atoms with Crippen LogP contribution in [0.1, 0.15) is 23.2 Å². The third kappa shape index (κ3) is 4.15. The van der Waals surface area contributed by atoms with E-state index >= 15 is 0 Å². The van der Waals surface area contributed by atoms with E-state index in [0.29, 0.717) is 50.6 Å². The second kappa shape index (κ2) is 8.31. The number of nitrogens with one attached hydrogen (secondary N) is 1. The Morgan fingerprint density at radius 2 is 1.55 bits per heavy atom. The Hall–Kier alpha value is -2.92. The van der Waals surface area contributed by atoms with Crippen LogP contribution >= 0.6 is 0 Å². The predicted molar refractivity (Wildman–Crippen MR) is 115 cm³/mol. The molecular formula is C20H25N5O5S. The maximum absolute atomic E-state index is 12.8. The second-order valence-corrected chi connectivity index (χ2v) is 9.71. The number of H-pyrrole nitrogens is 1. The van der Waals surface area contributed by atoms with E-state index in [-0.39, 0.29) is 16.4 Å². The highest BCUT2D eigenvalue weighted by Gasteiger charge is 2.28. The summed E-state index contributed by atoms with van der Waals surface area (Å²) in [5, 5.41) is 0. The standard InChI is InChI=1S/C20H25N5O5S/c1-22-18(26)14-17(21-20(22)28)23-10-12-24(13-11-23)19(27)15-4-6-16(7-5-15)31(29,30)25-8-2-3-9-25/h4-7,14H,2-3,8-13H2,1H3,(H,21,28). The van der Waals surface area contributed by atoms with Gasteiger partial charge in [-0.25, -0.2) is 13.2 Å². The van der Waals surface area contributed by atoms with Crippen molar-refractivity contribution in [1.82, 2.24) is 18.8 Å². The minimum Gasteiger partial charge on any atom is -0.354 e. The summed E-state index contributed by atoms with van der Waals surface area (Å²) in [6.07, 6.45) is 1.74. The van der Waals surface area contributed by atoms with Crippen LogP contribution < -0.4 is 16.1 Å². The van der Waals surface area contributed by atoms with Crippen molar-refractivity contribution in [2.75, 3.05) is 44.2 Å². The Morgan fingerprint density at radius 3 is 2.13 bits per heavy atom. The lowest BCUT2D eigenvalue weighted by molar-refractivity contribution is 0.0746. The first-order valence-electron chi connectivity index (χ1n) is 10.2. The van der Waals surface area contributed by atoms with Gasteiger partial charge in [0.05, 0.1) is 4.90 Å². The molecule has 2 aliphatic rings. The number of anilines is 1. The van der Waals surface area contributed by atoms with Crippen LogP contribution in [0.25, 0.3) is 0 Å². The van der Waals surface area contributed by atoms with Gasteiger partial charge in [-0.05, 0) is 37.1 Å². The number of nitrogens with zero attached hydrogens (tertiary/aromatic N) is 4. The zero-order valence-electron chi connectivity index (χ0n) is 17.3. The van der Waals surface area contributed by atoms with Crippen LogP contribution in [-0.4, -0.2) is 72.3 Å². The molecule has 3 heterocycles. The van der Waals surface area contributed by atoms with E-state index in [0.717, 1.165) is 17.4 Å². The van der Waals surface area contributed by atoms with Crippen LogP contribution in [0.4, 0.5) is 5.82 Å². The van der Waals surface area contributed by atoms with Gasteiger partial charge in [-0.15, -0.1) is 0 Å². The lowest BCUT2D eigenvalue weighted by Gasteiger charge is -2.35. The van der Waals surface area contributed by atoms with Gasteiger partial charge in [-0.2, -0.15) is 4.31 Å². The number of carbonyl (C=O) groups excluding carboxylic acids is 1. The summed E-state index contributed by atoms with van der Waals surface area (Å²) in [7, 11) is -2.10. The Kier molecular flexibility index (Phi) is 5.71. The molecule has 2 aromatic rings. The molecule has 2 saturated heterocycles. The summed E-state index contributed by atoms with van der Waals surface area (Å²) in [6.45, 7) is 2.85. The molecule has 1 aromatic carbocycles. The first-order valence-corrected chi connectivity index (χ1v) is 11.7. The second-order valence-electron chi connectivity index (χ2n) is 7.77. The van der Waals surface area contributed by atoms with Crippen molar-refractivity contribution in [2.45, 2.75) is 17.7 Å². The molecule has 0 spiro atoms. The van der Waals surface area contributed by atoms with Gasteiger partial charge in [0, 0.05) is 57.9 Å². The third-order valence-corrected chi connectivity index (χ3v) is 7.75. The van der Waals surface area contributed by atoms with Crippen molar-refractivity contribution in [1.29, 1.82) is 0 Å². The van der Waals surface area contributed by atoms with E-state index in [4.69, 9.17) is 0 Å². The number of aromatic nitrogens is 2.